The lowest BCUT2D eigenvalue weighted by molar-refractivity contribution is 0.123. The van der Waals surface area contributed by atoms with E-state index in [-0.39, 0.29) is 6.03 Å². The van der Waals surface area contributed by atoms with Gasteiger partial charge in [-0.05, 0) is 38.5 Å². The third kappa shape index (κ3) is 13.4. The average molecular weight is 455 g/mol. The molecule has 0 aromatic rings. The van der Waals surface area contributed by atoms with Crippen molar-refractivity contribution in [3.05, 3.63) is 0 Å². The van der Waals surface area contributed by atoms with Crippen LogP contribution in [0.4, 0.5) is 4.79 Å². The third-order valence-corrected chi connectivity index (χ3v) is 10.6. The van der Waals surface area contributed by atoms with Gasteiger partial charge in [-0.1, -0.05) is 0 Å². The van der Waals surface area contributed by atoms with E-state index in [0.29, 0.717) is 19.6 Å². The van der Waals surface area contributed by atoms with Crippen LogP contribution >= 0.6 is 0 Å². The Balaban J connectivity index is 3.53. The number of carbonyl (C=O) groups is 1. The maximum Gasteiger partial charge on any atom is 0.500 e. The summed E-state index contributed by atoms with van der Waals surface area (Å²) in [5.41, 5.74) is 0. The fourth-order valence-corrected chi connectivity index (χ4v) is 5.77. The van der Waals surface area contributed by atoms with Gasteiger partial charge >= 0.3 is 23.4 Å². The summed E-state index contributed by atoms with van der Waals surface area (Å²) in [6.07, 6.45) is 1.88. The Morgan fingerprint density at radius 2 is 1.10 bits per heavy atom. The highest BCUT2D eigenvalue weighted by molar-refractivity contribution is 6.65. The van der Waals surface area contributed by atoms with Gasteiger partial charge < -0.3 is 43.4 Å². The lowest BCUT2D eigenvalue weighted by Crippen LogP contribution is -2.43. The Bertz CT molecular complexity index is 407. The first-order chi connectivity index (χ1) is 13.9. The summed E-state index contributed by atoms with van der Waals surface area (Å²) in [7, 11) is 3.81. The zero-order valence-corrected chi connectivity index (χ0v) is 21.0. The Morgan fingerprint density at radius 3 is 1.52 bits per heavy atom. The fourth-order valence-electron chi connectivity index (χ4n) is 2.65. The van der Waals surface area contributed by atoms with Gasteiger partial charge in [0.25, 0.3) is 0 Å². The number of rotatable bonds is 19. The minimum atomic E-state index is -2.48. The predicted molar refractivity (Wildman–Crippen MR) is 118 cm³/mol. The largest absolute Gasteiger partial charge is 0.500 e. The van der Waals surface area contributed by atoms with E-state index in [9.17, 15) is 4.79 Å². The molecule has 0 aliphatic rings. The number of carbonyl (C=O) groups excluding carboxylic acids is 1. The van der Waals surface area contributed by atoms with E-state index in [2.05, 4.69) is 27.8 Å². The van der Waals surface area contributed by atoms with Crippen LogP contribution in [0.1, 0.15) is 12.8 Å². The number of amides is 2. The molecule has 12 heteroatoms. The van der Waals surface area contributed by atoms with Gasteiger partial charge in [0.15, 0.2) is 0 Å². The van der Waals surface area contributed by atoms with Crippen LogP contribution in [0.25, 0.3) is 0 Å². The van der Waals surface area contributed by atoms with Gasteiger partial charge in [-0.3, -0.25) is 0 Å². The lowest BCUT2D eigenvalue weighted by Gasteiger charge is -2.24. The van der Waals surface area contributed by atoms with Gasteiger partial charge in [-0.25, -0.2) is 4.79 Å². The first kappa shape index (κ1) is 28.4. The summed E-state index contributed by atoms with van der Waals surface area (Å²) in [5.74, 6) is 0. The van der Waals surface area contributed by atoms with Crippen molar-refractivity contribution in [1.82, 2.24) is 21.3 Å². The highest BCUT2D eigenvalue weighted by Gasteiger charge is 2.36. The van der Waals surface area contributed by atoms with Gasteiger partial charge in [-0.15, -0.1) is 0 Å². The maximum absolute atomic E-state index is 11.7. The summed E-state index contributed by atoms with van der Waals surface area (Å²) in [5, 5.41) is 12.2. The van der Waals surface area contributed by atoms with Gasteiger partial charge in [0.05, 0.1) is 0 Å². The average Bonchev–Trinajstić information content (AvgIpc) is 2.75. The zero-order chi connectivity index (χ0) is 22.0. The maximum atomic E-state index is 11.7. The molecule has 0 aromatic carbocycles. The van der Waals surface area contributed by atoms with Crippen LogP contribution in [-0.2, 0) is 22.1 Å². The van der Waals surface area contributed by atoms with E-state index in [4.69, 9.17) is 22.1 Å². The first-order valence-electron chi connectivity index (χ1n) is 10.1. The molecule has 174 valence electrons. The van der Waals surface area contributed by atoms with Gasteiger partial charge in [0, 0.05) is 67.8 Å². The molecule has 0 unspecified atom stereocenters. The summed E-state index contributed by atoms with van der Waals surface area (Å²) in [4.78, 5) is 11.7. The Morgan fingerprint density at radius 1 is 0.655 bits per heavy atom. The monoisotopic (exact) mass is 454 g/mol. The van der Waals surface area contributed by atoms with Crippen LogP contribution in [0.3, 0.4) is 0 Å². The molecule has 0 rings (SSSR count). The molecule has 0 radical (unpaired) electrons. The number of hydrogen-bond acceptors (Lipinski definition) is 8. The molecule has 2 amide bonds. The van der Waals surface area contributed by atoms with Crippen LogP contribution in [-0.4, -0.2) is 98.2 Å². The van der Waals surface area contributed by atoms with Crippen molar-refractivity contribution in [3.8, 4) is 0 Å². The fraction of sp³-hybridized carbons (Fsp3) is 0.941. The van der Waals surface area contributed by atoms with E-state index in [0.717, 1.165) is 44.6 Å². The highest BCUT2D eigenvalue weighted by atomic mass is 28.4. The van der Waals surface area contributed by atoms with Crippen molar-refractivity contribution in [2.24, 2.45) is 0 Å². The molecule has 10 nitrogen and oxygen atoms in total. The molecule has 0 fully saturated rings. The van der Waals surface area contributed by atoms with E-state index < -0.39 is 17.4 Å². The van der Waals surface area contributed by atoms with Crippen molar-refractivity contribution in [2.45, 2.75) is 31.5 Å². The first-order valence-corrected chi connectivity index (χ1v) is 14.5. The third-order valence-electron chi connectivity index (χ3n) is 4.79. The second-order valence-corrected chi connectivity index (χ2v) is 13.4. The Hall–Kier alpha value is -0.576. The highest BCUT2D eigenvalue weighted by Crippen LogP contribution is 2.14. The topological polar surface area (TPSA) is 111 Å². The molecule has 0 bridgehead atoms. The zero-order valence-electron chi connectivity index (χ0n) is 19.0. The number of hydrogen-bond donors (Lipinski definition) is 4. The van der Waals surface area contributed by atoms with Crippen molar-refractivity contribution < 1.29 is 26.9 Å². The van der Waals surface area contributed by atoms with E-state index in [1.165, 1.54) is 0 Å². The second kappa shape index (κ2) is 17.1. The minimum Gasteiger partial charge on any atom is -0.398 e. The lowest BCUT2D eigenvalue weighted by atomic mass is 10.4. The van der Waals surface area contributed by atoms with Crippen molar-refractivity contribution in [1.29, 1.82) is 0 Å². The second-order valence-electron chi connectivity index (χ2n) is 6.73. The van der Waals surface area contributed by atoms with Gasteiger partial charge in [0.1, 0.15) is 0 Å². The molecule has 29 heavy (non-hydrogen) atoms. The molecule has 4 N–H and O–H groups in total. The summed E-state index contributed by atoms with van der Waals surface area (Å²) < 4.78 is 27.0. The summed E-state index contributed by atoms with van der Waals surface area (Å²) >= 11 is 0. The number of nitrogens with one attached hydrogen (secondary N) is 4. The SMILES string of the molecule is CO[Si](C)(CCCNCCNC(=O)NCCNCCC[Si](OC)(OC)OC)OC. The minimum absolute atomic E-state index is 0.156. The summed E-state index contributed by atoms with van der Waals surface area (Å²) in [6, 6.07) is 1.54. The summed E-state index contributed by atoms with van der Waals surface area (Å²) in [6.45, 7) is 6.33. The molecule has 0 aliphatic heterocycles. The predicted octanol–water partition coefficient (Wildman–Crippen LogP) is 0.488. The molecule has 0 aliphatic carbocycles. The van der Waals surface area contributed by atoms with Crippen LogP contribution in [0, 0.1) is 0 Å². The molecular formula is C17H42N4O6Si2. The smallest absolute Gasteiger partial charge is 0.398 e. The molecule has 0 saturated carbocycles. The van der Waals surface area contributed by atoms with Gasteiger partial charge in [0.2, 0.25) is 0 Å². The van der Waals surface area contributed by atoms with Gasteiger partial charge in [-0.2, -0.15) is 0 Å². The molecule has 0 saturated heterocycles. The molecule has 0 heterocycles. The van der Waals surface area contributed by atoms with Crippen LogP contribution in [0.5, 0.6) is 0 Å². The van der Waals surface area contributed by atoms with Crippen LogP contribution in [0.15, 0.2) is 0 Å². The normalized spacial score (nSPS) is 12.2. The molecular weight excluding hydrogens is 412 g/mol. The Labute approximate surface area is 178 Å². The van der Waals surface area contributed by atoms with Crippen molar-refractivity contribution in [3.63, 3.8) is 0 Å². The van der Waals surface area contributed by atoms with E-state index in [1.54, 1.807) is 35.5 Å². The quantitative estimate of drug-likeness (QED) is 0.165. The Kier molecular flexibility index (Phi) is 16.8. The molecule has 0 atom stereocenters. The molecule has 0 spiro atoms. The van der Waals surface area contributed by atoms with Crippen molar-refractivity contribution in [2.75, 3.05) is 74.8 Å². The van der Waals surface area contributed by atoms with Crippen LogP contribution in [0.2, 0.25) is 18.6 Å². The standard InChI is InChI=1S/C17H42N4O6Si2/c1-23-28(6,24-2)15-7-9-18-11-13-20-17(22)21-14-12-19-10-8-16-29(25-3,26-4)27-5/h18-19H,7-16H2,1-6H3,(H2,20,21,22). The van der Waals surface area contributed by atoms with E-state index in [1.807, 2.05) is 0 Å². The molecule has 0 aromatic heterocycles. The number of urea groups is 1. The van der Waals surface area contributed by atoms with Crippen LogP contribution < -0.4 is 21.3 Å². The van der Waals surface area contributed by atoms with Crippen molar-refractivity contribution >= 4 is 23.4 Å². The van der Waals surface area contributed by atoms with E-state index >= 15 is 0 Å².